The van der Waals surface area contributed by atoms with Gasteiger partial charge in [0, 0.05) is 19.1 Å². The van der Waals surface area contributed by atoms with Crippen molar-refractivity contribution in [3.8, 4) is 0 Å². The SMILES string of the molecule is CNC(c1ccc(C(C)(C)C)s1)c1cc(Br)c(Br)s1. The van der Waals surface area contributed by atoms with E-state index in [1.807, 2.05) is 18.4 Å². The highest BCUT2D eigenvalue weighted by molar-refractivity contribution is 9.13. The van der Waals surface area contributed by atoms with Gasteiger partial charge in [0.05, 0.1) is 9.83 Å². The fraction of sp³-hybridized carbons (Fsp3) is 0.429. The van der Waals surface area contributed by atoms with Crippen molar-refractivity contribution in [1.82, 2.24) is 5.32 Å². The van der Waals surface area contributed by atoms with E-state index >= 15 is 0 Å². The summed E-state index contributed by atoms with van der Waals surface area (Å²) in [7, 11) is 2.02. The first kappa shape index (κ1) is 15.7. The van der Waals surface area contributed by atoms with Crippen LogP contribution in [0.3, 0.4) is 0 Å². The second-order valence-electron chi connectivity index (χ2n) is 5.44. The molecule has 1 atom stereocenters. The van der Waals surface area contributed by atoms with E-state index in [0.29, 0.717) is 0 Å². The first-order chi connectivity index (χ1) is 8.82. The minimum atomic E-state index is 0.220. The minimum Gasteiger partial charge on any atom is -0.308 e. The number of hydrogen-bond acceptors (Lipinski definition) is 3. The number of rotatable bonds is 3. The Balaban J connectivity index is 2.35. The van der Waals surface area contributed by atoms with Gasteiger partial charge in [0.25, 0.3) is 0 Å². The van der Waals surface area contributed by atoms with Crippen LogP contribution >= 0.6 is 54.5 Å². The van der Waals surface area contributed by atoms with E-state index in [2.05, 4.69) is 76.1 Å². The number of halogens is 2. The molecule has 5 heteroatoms. The highest BCUT2D eigenvalue weighted by Gasteiger charge is 2.21. The molecule has 0 spiro atoms. The van der Waals surface area contributed by atoms with Crippen LogP contribution < -0.4 is 5.32 Å². The molecule has 2 rings (SSSR count). The van der Waals surface area contributed by atoms with Gasteiger partial charge in [-0.2, -0.15) is 0 Å². The topological polar surface area (TPSA) is 12.0 Å². The molecule has 2 heterocycles. The van der Waals surface area contributed by atoms with Gasteiger partial charge in [0.15, 0.2) is 0 Å². The molecule has 0 aliphatic carbocycles. The zero-order valence-corrected chi connectivity index (χ0v) is 16.2. The molecule has 1 unspecified atom stereocenters. The Kier molecular flexibility index (Phi) is 4.94. The monoisotopic (exact) mass is 421 g/mol. The molecule has 0 aliphatic heterocycles. The lowest BCUT2D eigenvalue weighted by Gasteiger charge is -2.16. The summed E-state index contributed by atoms with van der Waals surface area (Å²) in [6, 6.07) is 6.95. The maximum atomic E-state index is 3.57. The van der Waals surface area contributed by atoms with Gasteiger partial charge in [-0.1, -0.05) is 20.8 Å². The Morgan fingerprint density at radius 2 is 1.79 bits per heavy atom. The van der Waals surface area contributed by atoms with Crippen LogP contribution in [-0.2, 0) is 5.41 Å². The van der Waals surface area contributed by atoms with Crippen molar-refractivity contribution in [2.24, 2.45) is 0 Å². The Hall–Kier alpha value is 0.320. The Morgan fingerprint density at radius 3 is 2.21 bits per heavy atom. The molecule has 2 aromatic rings. The maximum Gasteiger partial charge on any atom is 0.0843 e. The fourth-order valence-electron chi connectivity index (χ4n) is 1.84. The third-order valence-corrected chi connectivity index (χ3v) is 7.78. The average molecular weight is 423 g/mol. The van der Waals surface area contributed by atoms with E-state index in [9.17, 15) is 0 Å². The first-order valence-corrected chi connectivity index (χ1v) is 9.27. The molecule has 0 amide bonds. The van der Waals surface area contributed by atoms with E-state index in [0.717, 1.165) is 8.26 Å². The first-order valence-electron chi connectivity index (χ1n) is 6.05. The Bertz CT molecular complexity index is 547. The fourth-order valence-corrected chi connectivity index (χ4v) is 5.33. The summed E-state index contributed by atoms with van der Waals surface area (Å²) in [5.74, 6) is 0. The molecule has 0 fully saturated rings. The molecule has 19 heavy (non-hydrogen) atoms. The van der Waals surface area contributed by atoms with E-state index in [-0.39, 0.29) is 11.5 Å². The zero-order chi connectivity index (χ0) is 14.2. The quantitative estimate of drug-likeness (QED) is 0.645. The van der Waals surface area contributed by atoms with Crippen LogP contribution in [0.25, 0.3) is 0 Å². The van der Waals surface area contributed by atoms with Crippen LogP contribution in [0.4, 0.5) is 0 Å². The molecule has 1 N–H and O–H groups in total. The van der Waals surface area contributed by atoms with Gasteiger partial charge in [-0.25, -0.2) is 0 Å². The van der Waals surface area contributed by atoms with Crippen LogP contribution in [0.2, 0.25) is 0 Å². The summed E-state index contributed by atoms with van der Waals surface area (Å²) in [4.78, 5) is 4.12. The molecule has 2 aromatic heterocycles. The molecule has 1 nitrogen and oxygen atoms in total. The largest absolute Gasteiger partial charge is 0.308 e. The van der Waals surface area contributed by atoms with E-state index < -0.39 is 0 Å². The summed E-state index contributed by atoms with van der Waals surface area (Å²) in [6.07, 6.45) is 0. The molecule has 0 bridgehead atoms. The van der Waals surface area contributed by atoms with Crippen LogP contribution in [-0.4, -0.2) is 7.05 Å². The molecule has 0 aliphatic rings. The van der Waals surface area contributed by atoms with Crippen molar-refractivity contribution >= 4 is 54.5 Å². The predicted molar refractivity (Wildman–Crippen MR) is 93.6 cm³/mol. The van der Waals surface area contributed by atoms with Crippen molar-refractivity contribution in [2.45, 2.75) is 32.2 Å². The minimum absolute atomic E-state index is 0.220. The van der Waals surface area contributed by atoms with E-state index in [1.165, 1.54) is 14.6 Å². The summed E-state index contributed by atoms with van der Waals surface area (Å²) in [5, 5.41) is 3.42. The van der Waals surface area contributed by atoms with Crippen molar-refractivity contribution in [3.05, 3.63) is 41.1 Å². The molecule has 104 valence electrons. The van der Waals surface area contributed by atoms with Crippen LogP contribution in [0.1, 0.15) is 41.4 Å². The second-order valence-corrected chi connectivity index (χ2v) is 9.82. The van der Waals surface area contributed by atoms with Gasteiger partial charge in [0.1, 0.15) is 0 Å². The summed E-state index contributed by atoms with van der Waals surface area (Å²) in [5.41, 5.74) is 0.220. The third-order valence-electron chi connectivity index (χ3n) is 2.89. The van der Waals surface area contributed by atoms with Gasteiger partial charge in [-0.05, 0) is 62.5 Å². The van der Waals surface area contributed by atoms with Crippen molar-refractivity contribution < 1.29 is 0 Å². The zero-order valence-electron chi connectivity index (χ0n) is 11.4. The van der Waals surface area contributed by atoms with E-state index in [4.69, 9.17) is 0 Å². The molecular weight excluding hydrogens is 406 g/mol. The third kappa shape index (κ3) is 3.50. The number of thiophene rings is 2. The lowest BCUT2D eigenvalue weighted by atomic mass is 9.95. The molecule has 0 saturated heterocycles. The molecule has 0 aromatic carbocycles. The van der Waals surface area contributed by atoms with E-state index in [1.54, 1.807) is 11.3 Å². The van der Waals surface area contributed by atoms with Gasteiger partial charge in [-0.3, -0.25) is 0 Å². The lowest BCUT2D eigenvalue weighted by Crippen LogP contribution is -2.15. The van der Waals surface area contributed by atoms with Gasteiger partial charge in [0.2, 0.25) is 0 Å². The standard InChI is InChI=1S/C14H17Br2NS2/c1-14(2,3)11-6-5-9(18-11)12(17-4)10-7-8(15)13(16)19-10/h5-7,12,17H,1-4H3. The normalized spacial score (nSPS) is 13.8. The second kappa shape index (κ2) is 5.98. The number of hydrogen-bond donors (Lipinski definition) is 1. The predicted octanol–water partition coefficient (Wildman–Crippen LogP) is 5.94. The summed E-state index contributed by atoms with van der Waals surface area (Å²) in [6.45, 7) is 6.78. The van der Waals surface area contributed by atoms with Crippen molar-refractivity contribution in [1.29, 1.82) is 0 Å². The highest BCUT2D eigenvalue weighted by Crippen LogP contribution is 2.40. The average Bonchev–Trinajstić information content (AvgIpc) is 2.88. The van der Waals surface area contributed by atoms with Gasteiger partial charge >= 0.3 is 0 Å². The molecule has 0 saturated carbocycles. The summed E-state index contributed by atoms with van der Waals surface area (Å²) < 4.78 is 2.27. The van der Waals surface area contributed by atoms with Crippen LogP contribution in [0.15, 0.2) is 26.5 Å². The Morgan fingerprint density at radius 1 is 1.11 bits per heavy atom. The number of nitrogens with one attached hydrogen (secondary N) is 1. The highest BCUT2D eigenvalue weighted by atomic mass is 79.9. The summed E-state index contributed by atoms with van der Waals surface area (Å²) >= 11 is 10.8. The van der Waals surface area contributed by atoms with Crippen LogP contribution in [0, 0.1) is 0 Å². The van der Waals surface area contributed by atoms with Crippen molar-refractivity contribution in [3.63, 3.8) is 0 Å². The van der Waals surface area contributed by atoms with Crippen LogP contribution in [0.5, 0.6) is 0 Å². The molecular formula is C14H17Br2NS2. The Labute approximate surface area is 139 Å². The van der Waals surface area contributed by atoms with Gasteiger partial charge in [-0.15, -0.1) is 22.7 Å². The maximum absolute atomic E-state index is 3.57. The molecule has 0 radical (unpaired) electrons. The van der Waals surface area contributed by atoms with Crippen molar-refractivity contribution in [2.75, 3.05) is 7.05 Å². The smallest absolute Gasteiger partial charge is 0.0843 e. The van der Waals surface area contributed by atoms with Gasteiger partial charge < -0.3 is 5.32 Å². The lowest BCUT2D eigenvalue weighted by molar-refractivity contribution is 0.604.